The van der Waals surface area contributed by atoms with Crippen LogP contribution in [-0.4, -0.2) is 32.6 Å². The van der Waals surface area contributed by atoms with Crippen LogP contribution in [0.2, 0.25) is 5.02 Å². The van der Waals surface area contributed by atoms with Gasteiger partial charge in [-0.05, 0) is 38.0 Å². The highest BCUT2D eigenvalue weighted by atomic mass is 35.5. The Morgan fingerprint density at radius 1 is 1.48 bits per heavy atom. The minimum Gasteiger partial charge on any atom is -0.495 e. The zero-order valence-corrected chi connectivity index (χ0v) is 13.4. The van der Waals surface area contributed by atoms with E-state index in [-0.39, 0.29) is 22.4 Å². The molecule has 0 spiro atoms. The van der Waals surface area contributed by atoms with Gasteiger partial charge in [0.25, 0.3) is 0 Å². The summed E-state index contributed by atoms with van der Waals surface area (Å²) in [6.07, 6.45) is 0.859. The van der Waals surface area contributed by atoms with Gasteiger partial charge in [-0.1, -0.05) is 11.6 Å². The molecule has 0 saturated heterocycles. The number of carboxylic acid groups (broad SMARTS) is 1. The molecule has 118 valence electrons. The number of sulfonamides is 1. The Labute approximate surface area is 129 Å². The fourth-order valence-corrected chi connectivity index (χ4v) is 3.39. The molecule has 1 atom stereocenters. The molecule has 0 heterocycles. The standard InChI is InChI=1S/C13H18ClNO5S/c1-9(4-3-5-13(16)17)15-21(18,19)10-6-7-12(20-2)11(14)8-10/h6-9,15H,3-5H2,1-2H3,(H,16,17). The third-order valence-corrected chi connectivity index (χ3v) is 4.70. The number of halogens is 1. The number of carboxylic acids is 1. The fraction of sp³-hybridized carbons (Fsp3) is 0.462. The normalized spacial score (nSPS) is 12.9. The van der Waals surface area contributed by atoms with Gasteiger partial charge in [-0.2, -0.15) is 0 Å². The molecule has 1 aromatic rings. The van der Waals surface area contributed by atoms with Gasteiger partial charge in [0.05, 0.1) is 17.0 Å². The lowest BCUT2D eigenvalue weighted by Gasteiger charge is -2.14. The summed E-state index contributed by atoms with van der Waals surface area (Å²) >= 11 is 5.91. The lowest BCUT2D eigenvalue weighted by Crippen LogP contribution is -2.32. The molecular weight excluding hydrogens is 318 g/mol. The van der Waals surface area contributed by atoms with Gasteiger partial charge in [0.1, 0.15) is 5.75 Å². The van der Waals surface area contributed by atoms with Crippen molar-refractivity contribution in [3.63, 3.8) is 0 Å². The van der Waals surface area contributed by atoms with Crippen LogP contribution in [0.3, 0.4) is 0 Å². The second kappa shape index (κ2) is 7.63. The summed E-state index contributed by atoms with van der Waals surface area (Å²) in [4.78, 5) is 10.5. The molecule has 0 aromatic heterocycles. The summed E-state index contributed by atoms with van der Waals surface area (Å²) < 4.78 is 31.8. The van der Waals surface area contributed by atoms with E-state index < -0.39 is 16.0 Å². The number of aliphatic carboxylic acids is 1. The van der Waals surface area contributed by atoms with E-state index in [1.54, 1.807) is 6.92 Å². The van der Waals surface area contributed by atoms with Crippen molar-refractivity contribution < 1.29 is 23.1 Å². The van der Waals surface area contributed by atoms with Crippen molar-refractivity contribution in [3.05, 3.63) is 23.2 Å². The summed E-state index contributed by atoms with van der Waals surface area (Å²) in [5.41, 5.74) is 0. The third kappa shape index (κ3) is 5.53. The smallest absolute Gasteiger partial charge is 0.303 e. The molecular formula is C13H18ClNO5S. The Balaban J connectivity index is 2.72. The molecule has 0 fully saturated rings. The van der Waals surface area contributed by atoms with Crippen molar-refractivity contribution in [1.82, 2.24) is 4.72 Å². The van der Waals surface area contributed by atoms with Gasteiger partial charge in [0.2, 0.25) is 10.0 Å². The largest absolute Gasteiger partial charge is 0.495 e. The van der Waals surface area contributed by atoms with Crippen molar-refractivity contribution in [1.29, 1.82) is 0 Å². The predicted octanol–water partition coefficient (Wildman–Crippen LogP) is 2.27. The fourth-order valence-electron chi connectivity index (χ4n) is 1.77. The molecule has 0 aliphatic carbocycles. The van der Waals surface area contributed by atoms with Gasteiger partial charge in [-0.3, -0.25) is 4.79 Å². The first-order valence-corrected chi connectivity index (χ1v) is 8.20. The SMILES string of the molecule is COc1ccc(S(=O)(=O)NC(C)CCCC(=O)O)cc1Cl. The lowest BCUT2D eigenvalue weighted by atomic mass is 10.1. The molecule has 0 radical (unpaired) electrons. The van der Waals surface area contributed by atoms with Crippen molar-refractivity contribution >= 4 is 27.6 Å². The zero-order valence-electron chi connectivity index (χ0n) is 11.8. The van der Waals surface area contributed by atoms with Gasteiger partial charge < -0.3 is 9.84 Å². The molecule has 1 rings (SSSR count). The van der Waals surface area contributed by atoms with Crippen molar-refractivity contribution in [3.8, 4) is 5.75 Å². The number of ether oxygens (including phenoxy) is 1. The number of rotatable bonds is 8. The summed E-state index contributed by atoms with van der Waals surface area (Å²) in [6.45, 7) is 1.69. The second-order valence-corrected chi connectivity index (χ2v) is 6.73. The Morgan fingerprint density at radius 3 is 2.67 bits per heavy atom. The first-order chi connectivity index (χ1) is 9.76. The number of carbonyl (C=O) groups is 1. The third-order valence-electron chi connectivity index (χ3n) is 2.82. The van der Waals surface area contributed by atoms with E-state index in [9.17, 15) is 13.2 Å². The van der Waals surface area contributed by atoms with Crippen molar-refractivity contribution in [2.75, 3.05) is 7.11 Å². The number of hydrogen-bond donors (Lipinski definition) is 2. The van der Waals surface area contributed by atoms with Crippen LogP contribution in [0.4, 0.5) is 0 Å². The van der Waals surface area contributed by atoms with Crippen LogP contribution >= 0.6 is 11.6 Å². The Hall–Kier alpha value is -1.31. The van der Waals surface area contributed by atoms with E-state index in [0.717, 1.165) is 0 Å². The predicted molar refractivity (Wildman–Crippen MR) is 79.3 cm³/mol. The Kier molecular flexibility index (Phi) is 6.44. The van der Waals surface area contributed by atoms with Crippen LogP contribution in [0.1, 0.15) is 26.2 Å². The Bertz CT molecular complexity index is 603. The van der Waals surface area contributed by atoms with Gasteiger partial charge in [0.15, 0.2) is 0 Å². The number of nitrogens with one attached hydrogen (secondary N) is 1. The number of methoxy groups -OCH3 is 1. The molecule has 1 unspecified atom stereocenters. The monoisotopic (exact) mass is 335 g/mol. The van der Waals surface area contributed by atoms with Gasteiger partial charge in [0, 0.05) is 12.5 Å². The highest BCUT2D eigenvalue weighted by Crippen LogP contribution is 2.27. The summed E-state index contributed by atoms with van der Waals surface area (Å²) in [7, 11) is -2.25. The molecule has 0 aliphatic heterocycles. The number of benzene rings is 1. The van der Waals surface area contributed by atoms with E-state index in [4.69, 9.17) is 21.4 Å². The quantitative estimate of drug-likeness (QED) is 0.760. The highest BCUT2D eigenvalue weighted by Gasteiger charge is 2.18. The van der Waals surface area contributed by atoms with Crippen molar-refractivity contribution in [2.45, 2.75) is 37.1 Å². The van der Waals surface area contributed by atoms with Gasteiger partial charge >= 0.3 is 5.97 Å². The topological polar surface area (TPSA) is 92.7 Å². The second-order valence-electron chi connectivity index (χ2n) is 4.60. The van der Waals surface area contributed by atoms with E-state index in [1.807, 2.05) is 0 Å². The highest BCUT2D eigenvalue weighted by molar-refractivity contribution is 7.89. The van der Waals surface area contributed by atoms with Crippen molar-refractivity contribution in [2.24, 2.45) is 0 Å². The van der Waals surface area contributed by atoms with Crippen LogP contribution in [0.5, 0.6) is 5.75 Å². The van der Waals surface area contributed by atoms with E-state index in [2.05, 4.69) is 4.72 Å². The van der Waals surface area contributed by atoms with Crippen LogP contribution in [0, 0.1) is 0 Å². The van der Waals surface area contributed by atoms with Gasteiger partial charge in [-0.25, -0.2) is 13.1 Å². The summed E-state index contributed by atoms with van der Waals surface area (Å²) in [5, 5.41) is 8.76. The minimum atomic E-state index is -3.70. The molecule has 0 bridgehead atoms. The molecule has 21 heavy (non-hydrogen) atoms. The van der Waals surface area contributed by atoms with Crippen LogP contribution in [-0.2, 0) is 14.8 Å². The molecule has 2 N–H and O–H groups in total. The maximum Gasteiger partial charge on any atom is 0.303 e. The zero-order chi connectivity index (χ0) is 16.0. The first kappa shape index (κ1) is 17.7. The molecule has 0 amide bonds. The maximum absolute atomic E-state index is 12.2. The van der Waals surface area contributed by atoms with Crippen LogP contribution in [0.15, 0.2) is 23.1 Å². The minimum absolute atomic E-state index is 0.0143. The molecule has 6 nitrogen and oxygen atoms in total. The van der Waals surface area contributed by atoms with E-state index >= 15 is 0 Å². The number of hydrogen-bond acceptors (Lipinski definition) is 4. The molecule has 1 aromatic carbocycles. The van der Waals surface area contributed by atoms with Gasteiger partial charge in [-0.15, -0.1) is 0 Å². The Morgan fingerprint density at radius 2 is 2.14 bits per heavy atom. The first-order valence-electron chi connectivity index (χ1n) is 6.34. The van der Waals surface area contributed by atoms with E-state index in [0.29, 0.717) is 18.6 Å². The summed E-state index contributed by atoms with van der Waals surface area (Å²) in [5.74, 6) is -0.503. The maximum atomic E-state index is 12.2. The average molecular weight is 336 g/mol. The molecule has 0 aliphatic rings. The van der Waals surface area contributed by atoms with Crippen LogP contribution in [0.25, 0.3) is 0 Å². The molecule has 8 heteroatoms. The molecule has 0 saturated carbocycles. The summed E-state index contributed by atoms with van der Waals surface area (Å²) in [6, 6.07) is 3.82. The van der Waals surface area contributed by atoms with E-state index in [1.165, 1.54) is 25.3 Å². The van der Waals surface area contributed by atoms with Crippen LogP contribution < -0.4 is 9.46 Å². The average Bonchev–Trinajstić information content (AvgIpc) is 2.37. The lowest BCUT2D eigenvalue weighted by molar-refractivity contribution is -0.137.